The molecule has 0 unspecified atom stereocenters. The molecule has 0 aromatic heterocycles. The molecule has 54 valence electrons. The summed E-state index contributed by atoms with van der Waals surface area (Å²) in [6, 6.07) is 4.66. The van der Waals surface area contributed by atoms with Crippen molar-refractivity contribution < 1.29 is 0 Å². The minimum atomic E-state index is 1.24. The highest BCUT2D eigenvalue weighted by atomic mass is 28.2. The Morgan fingerprint density at radius 2 is 1.00 bits per heavy atom. The zero-order valence-corrected chi connectivity index (χ0v) is 15.2. The van der Waals surface area contributed by atoms with Gasteiger partial charge in [-0.3, -0.25) is 0 Å². The minimum absolute atomic E-state index is 1.24. The van der Waals surface area contributed by atoms with E-state index in [1.54, 1.807) is 20.7 Å². The molecule has 0 bridgehead atoms. The summed E-state index contributed by atoms with van der Waals surface area (Å²) in [4.78, 5) is 0. The molecular formula is C6H14Si4. The van der Waals surface area contributed by atoms with Gasteiger partial charge in [-0.15, -0.1) is 0 Å². The zero-order chi connectivity index (χ0) is 7.72. The van der Waals surface area contributed by atoms with Crippen molar-refractivity contribution in [1.29, 1.82) is 0 Å². The van der Waals surface area contributed by atoms with E-state index in [4.69, 9.17) is 0 Å². The van der Waals surface area contributed by atoms with Crippen LogP contribution in [-0.4, -0.2) is 41.0 Å². The summed E-state index contributed by atoms with van der Waals surface area (Å²) in [5.74, 6) is 0. The predicted molar refractivity (Wildman–Crippen MR) is 64.7 cm³/mol. The van der Waals surface area contributed by atoms with Crippen molar-refractivity contribution in [3.8, 4) is 0 Å². The number of hydrogen-bond donors (Lipinski definition) is 0. The van der Waals surface area contributed by atoms with E-state index in [0.29, 0.717) is 0 Å². The first-order valence-corrected chi connectivity index (χ1v) is 7.66. The van der Waals surface area contributed by atoms with Gasteiger partial charge in [-0.25, -0.2) is 0 Å². The molecule has 0 radical (unpaired) electrons. The van der Waals surface area contributed by atoms with E-state index < -0.39 is 0 Å². The molecule has 0 aliphatic rings. The van der Waals surface area contributed by atoms with Gasteiger partial charge < -0.3 is 0 Å². The maximum atomic E-state index is 2.33. The minimum Gasteiger partial charge on any atom is -0.0744 e. The highest BCUT2D eigenvalue weighted by molar-refractivity contribution is 6.62. The lowest BCUT2D eigenvalue weighted by Gasteiger charge is -2.06. The lowest BCUT2D eigenvalue weighted by atomic mass is 10.3. The molecule has 0 nitrogen and oxygen atoms in total. The van der Waals surface area contributed by atoms with E-state index in [-0.39, 0.29) is 0 Å². The maximum Gasteiger partial charge on any atom is 0.0382 e. The molecule has 0 amide bonds. The van der Waals surface area contributed by atoms with Crippen LogP contribution >= 0.6 is 0 Å². The second kappa shape index (κ2) is 3.00. The Labute approximate surface area is 74.1 Å². The van der Waals surface area contributed by atoms with Crippen LogP contribution in [0.5, 0.6) is 0 Å². The van der Waals surface area contributed by atoms with Crippen molar-refractivity contribution in [3.63, 3.8) is 0 Å². The smallest absolute Gasteiger partial charge is 0.0382 e. The third-order valence-electron chi connectivity index (χ3n) is 2.33. The molecule has 0 atom stereocenters. The first-order valence-electron chi connectivity index (χ1n) is 3.66. The summed E-state index contributed by atoms with van der Waals surface area (Å²) in [5.41, 5.74) is 0. The Bertz CT molecular complexity index is 229. The lowest BCUT2D eigenvalue weighted by Crippen LogP contribution is -2.46. The van der Waals surface area contributed by atoms with Gasteiger partial charge in [0.15, 0.2) is 0 Å². The first-order chi connectivity index (χ1) is 4.63. The van der Waals surface area contributed by atoms with Gasteiger partial charge in [0.25, 0.3) is 0 Å². The highest BCUT2D eigenvalue weighted by Crippen LogP contribution is 1.67. The van der Waals surface area contributed by atoms with Gasteiger partial charge in [0.2, 0.25) is 0 Å². The van der Waals surface area contributed by atoms with Gasteiger partial charge in [-0.05, 0) is 0 Å². The van der Waals surface area contributed by atoms with E-state index in [1.807, 2.05) is 0 Å². The van der Waals surface area contributed by atoms with Gasteiger partial charge in [-0.2, -0.15) is 0 Å². The molecule has 0 fully saturated rings. The third kappa shape index (κ3) is 1.39. The van der Waals surface area contributed by atoms with E-state index in [9.17, 15) is 0 Å². The van der Waals surface area contributed by atoms with E-state index in [2.05, 4.69) is 12.1 Å². The number of benzene rings is 1. The van der Waals surface area contributed by atoms with Gasteiger partial charge in [0.05, 0.1) is 0 Å². The van der Waals surface area contributed by atoms with Gasteiger partial charge >= 0.3 is 0 Å². The van der Waals surface area contributed by atoms with Crippen LogP contribution < -0.4 is 20.7 Å². The molecule has 1 aromatic rings. The van der Waals surface area contributed by atoms with Crippen LogP contribution in [0.3, 0.4) is 0 Å². The standard InChI is InChI=1S/C6H14Si4/c7-3-1-2-4(8)6(10)5(3)9/h1-2H,7-10H3. The van der Waals surface area contributed by atoms with Gasteiger partial charge in [0.1, 0.15) is 0 Å². The SMILES string of the molecule is [SiH3]c1ccc([SiH3])c([SiH3])c1[SiH3]. The molecule has 10 heavy (non-hydrogen) atoms. The highest BCUT2D eigenvalue weighted by Gasteiger charge is 1.96. The Morgan fingerprint density at radius 1 is 0.700 bits per heavy atom. The second-order valence-corrected chi connectivity index (χ2v) is 7.10. The fourth-order valence-corrected chi connectivity index (χ4v) is 4.30. The molecular weight excluding hydrogens is 184 g/mol. The van der Waals surface area contributed by atoms with Crippen LogP contribution in [0.15, 0.2) is 12.1 Å². The quantitative estimate of drug-likeness (QED) is 0.364. The monoisotopic (exact) mass is 198 g/mol. The molecule has 0 aliphatic heterocycles. The normalized spacial score (nSPS) is 11.2. The van der Waals surface area contributed by atoms with Crippen molar-refractivity contribution in [1.82, 2.24) is 0 Å². The second-order valence-electron chi connectivity index (χ2n) is 2.95. The fraction of sp³-hybridized carbons (Fsp3) is 0. The average molecular weight is 199 g/mol. The zero-order valence-electron chi connectivity index (χ0n) is 7.15. The molecule has 0 saturated heterocycles. The van der Waals surface area contributed by atoms with Crippen molar-refractivity contribution in [2.75, 3.05) is 0 Å². The Kier molecular flexibility index (Phi) is 2.45. The number of hydrogen-bond acceptors (Lipinski definition) is 0. The Hall–Kier alpha value is 0.0875. The summed E-state index contributed by atoms with van der Waals surface area (Å²) >= 11 is 0. The first kappa shape index (κ1) is 8.19. The van der Waals surface area contributed by atoms with Gasteiger partial charge in [-0.1, -0.05) is 32.9 Å². The van der Waals surface area contributed by atoms with Crippen molar-refractivity contribution in [2.45, 2.75) is 0 Å². The average Bonchev–Trinajstić information content (AvgIpc) is 1.93. The molecule has 1 aromatic carbocycles. The van der Waals surface area contributed by atoms with Crippen molar-refractivity contribution >= 4 is 61.7 Å². The van der Waals surface area contributed by atoms with Crippen LogP contribution in [0.4, 0.5) is 0 Å². The molecule has 4 heteroatoms. The van der Waals surface area contributed by atoms with Crippen LogP contribution in [-0.2, 0) is 0 Å². The van der Waals surface area contributed by atoms with Crippen LogP contribution in [0.2, 0.25) is 0 Å². The maximum absolute atomic E-state index is 2.33. The van der Waals surface area contributed by atoms with E-state index >= 15 is 0 Å². The predicted octanol–water partition coefficient (Wildman–Crippen LogP) is -6.35. The lowest BCUT2D eigenvalue weighted by molar-refractivity contribution is 1.96. The largest absolute Gasteiger partial charge is 0.0744 e. The van der Waals surface area contributed by atoms with E-state index in [1.165, 1.54) is 41.0 Å². The fourth-order valence-electron chi connectivity index (χ4n) is 1.09. The Morgan fingerprint density at radius 3 is 1.30 bits per heavy atom. The molecule has 1 rings (SSSR count). The molecule has 0 heterocycles. The molecule has 0 saturated carbocycles. The van der Waals surface area contributed by atoms with Crippen molar-refractivity contribution in [2.24, 2.45) is 0 Å². The summed E-state index contributed by atoms with van der Waals surface area (Å²) in [6.45, 7) is 0. The van der Waals surface area contributed by atoms with Crippen LogP contribution in [0, 0.1) is 0 Å². The Balaban J connectivity index is 3.34. The molecule has 0 aliphatic carbocycles. The summed E-state index contributed by atoms with van der Waals surface area (Å²) in [6.07, 6.45) is 0. The molecule has 0 N–H and O–H groups in total. The van der Waals surface area contributed by atoms with Crippen molar-refractivity contribution in [3.05, 3.63) is 12.1 Å². The molecule has 0 spiro atoms. The number of rotatable bonds is 0. The summed E-state index contributed by atoms with van der Waals surface area (Å²) in [7, 11) is 5.03. The summed E-state index contributed by atoms with van der Waals surface area (Å²) in [5, 5.41) is 6.75. The topological polar surface area (TPSA) is 0 Å². The van der Waals surface area contributed by atoms with Crippen LogP contribution in [0.1, 0.15) is 0 Å². The van der Waals surface area contributed by atoms with Crippen LogP contribution in [0.25, 0.3) is 0 Å². The van der Waals surface area contributed by atoms with Gasteiger partial charge in [0, 0.05) is 41.0 Å². The third-order valence-corrected chi connectivity index (χ3v) is 10.6. The summed E-state index contributed by atoms with van der Waals surface area (Å²) < 4.78 is 0. The van der Waals surface area contributed by atoms with E-state index in [0.717, 1.165) is 0 Å².